The van der Waals surface area contributed by atoms with Crippen LogP contribution in [0.1, 0.15) is 0 Å². The molecular weight excluding hydrogens is 342 g/mol. The normalized spacial score (nSPS) is 11.0. The number of ether oxygens (including phenoxy) is 1. The van der Waals surface area contributed by atoms with Crippen LogP contribution in [0.25, 0.3) is 44.1 Å². The van der Waals surface area contributed by atoms with E-state index in [1.54, 1.807) is 7.11 Å². The maximum Gasteiger partial charge on any atom is 0.118 e. The van der Waals surface area contributed by atoms with Crippen LogP contribution in [0.2, 0.25) is 0 Å². The van der Waals surface area contributed by atoms with Crippen LogP contribution in [0, 0.1) is 0 Å². The average Bonchev–Trinajstić information content (AvgIpc) is 2.78. The van der Waals surface area contributed by atoms with E-state index in [-0.39, 0.29) is 0 Å². The van der Waals surface area contributed by atoms with Crippen molar-refractivity contribution < 1.29 is 4.74 Å². The first-order chi connectivity index (χ1) is 13.8. The summed E-state index contributed by atoms with van der Waals surface area (Å²) in [4.78, 5) is 4.93. The van der Waals surface area contributed by atoms with Gasteiger partial charge in [0.1, 0.15) is 5.75 Å². The molecule has 0 saturated heterocycles. The molecule has 2 nitrogen and oxygen atoms in total. The zero-order valence-electron chi connectivity index (χ0n) is 15.6. The van der Waals surface area contributed by atoms with E-state index < -0.39 is 0 Å². The molecule has 0 aliphatic rings. The first-order valence-electron chi connectivity index (χ1n) is 9.36. The number of rotatable bonds is 3. The molecule has 0 unspecified atom stereocenters. The smallest absolute Gasteiger partial charge is 0.118 e. The molecule has 0 fully saturated rings. The number of para-hydroxylation sites is 1. The molecule has 0 saturated carbocycles. The summed E-state index contributed by atoms with van der Waals surface area (Å²) in [5.74, 6) is 0.846. The lowest BCUT2D eigenvalue weighted by molar-refractivity contribution is 0.415. The SMILES string of the molecule is COc1ccc(-c2cc(-c3cccc4ccccc34)c3ccccc3n2)cc1. The molecule has 0 spiro atoms. The Morgan fingerprint density at radius 3 is 2.18 bits per heavy atom. The highest BCUT2D eigenvalue weighted by atomic mass is 16.5. The minimum atomic E-state index is 0.846. The highest BCUT2D eigenvalue weighted by Gasteiger charge is 2.11. The third-order valence-corrected chi connectivity index (χ3v) is 5.18. The third kappa shape index (κ3) is 2.80. The van der Waals surface area contributed by atoms with Gasteiger partial charge in [0.25, 0.3) is 0 Å². The standard InChI is InChI=1S/C26H19NO/c1-28-20-15-13-19(14-16-20)26-17-24(23-10-4-5-12-25(23)27-26)22-11-6-8-18-7-2-3-9-21(18)22/h2-17H,1H3. The van der Waals surface area contributed by atoms with E-state index in [0.717, 1.165) is 27.9 Å². The van der Waals surface area contributed by atoms with Gasteiger partial charge < -0.3 is 4.74 Å². The summed E-state index contributed by atoms with van der Waals surface area (Å²) < 4.78 is 5.30. The Balaban J connectivity index is 1.80. The van der Waals surface area contributed by atoms with Crippen LogP contribution in [0.5, 0.6) is 5.75 Å². The quantitative estimate of drug-likeness (QED) is 0.355. The summed E-state index contributed by atoms with van der Waals surface area (Å²) in [6, 6.07) is 33.6. The van der Waals surface area contributed by atoms with Gasteiger partial charge in [0.2, 0.25) is 0 Å². The molecule has 1 aromatic heterocycles. The number of hydrogen-bond donors (Lipinski definition) is 0. The van der Waals surface area contributed by atoms with Gasteiger partial charge in [-0.25, -0.2) is 4.98 Å². The molecule has 0 radical (unpaired) electrons. The number of methoxy groups -OCH3 is 1. The molecule has 134 valence electrons. The first kappa shape index (κ1) is 16.5. The second kappa shape index (κ2) is 6.82. The number of benzene rings is 4. The number of nitrogens with zero attached hydrogens (tertiary/aromatic N) is 1. The lowest BCUT2D eigenvalue weighted by Crippen LogP contribution is -1.91. The van der Waals surface area contributed by atoms with Crippen molar-refractivity contribution in [3.63, 3.8) is 0 Å². The van der Waals surface area contributed by atoms with Gasteiger partial charge in [-0.1, -0.05) is 60.7 Å². The van der Waals surface area contributed by atoms with E-state index in [0.29, 0.717) is 0 Å². The van der Waals surface area contributed by atoms with E-state index >= 15 is 0 Å². The Labute approximate surface area is 164 Å². The van der Waals surface area contributed by atoms with Crippen LogP contribution >= 0.6 is 0 Å². The molecule has 0 atom stereocenters. The van der Waals surface area contributed by atoms with Gasteiger partial charge in [-0.3, -0.25) is 0 Å². The van der Waals surface area contributed by atoms with Crippen LogP contribution in [0.4, 0.5) is 0 Å². The molecule has 4 aromatic carbocycles. The highest BCUT2D eigenvalue weighted by Crippen LogP contribution is 2.36. The lowest BCUT2D eigenvalue weighted by atomic mass is 9.94. The van der Waals surface area contributed by atoms with E-state index in [4.69, 9.17) is 9.72 Å². The zero-order valence-corrected chi connectivity index (χ0v) is 15.6. The Morgan fingerprint density at radius 2 is 1.36 bits per heavy atom. The van der Waals surface area contributed by atoms with Crippen molar-refractivity contribution in [1.82, 2.24) is 4.98 Å². The maximum absolute atomic E-state index is 5.30. The monoisotopic (exact) mass is 361 g/mol. The Bertz CT molecular complexity index is 1280. The van der Waals surface area contributed by atoms with Crippen LogP contribution in [-0.2, 0) is 0 Å². The minimum Gasteiger partial charge on any atom is -0.497 e. The predicted molar refractivity (Wildman–Crippen MR) is 117 cm³/mol. The van der Waals surface area contributed by atoms with Crippen molar-refractivity contribution in [2.24, 2.45) is 0 Å². The van der Waals surface area contributed by atoms with Gasteiger partial charge in [0.15, 0.2) is 0 Å². The van der Waals surface area contributed by atoms with E-state index in [2.05, 4.69) is 78.9 Å². The molecule has 0 bridgehead atoms. The van der Waals surface area contributed by atoms with E-state index in [1.807, 2.05) is 18.2 Å². The number of aromatic nitrogens is 1. The topological polar surface area (TPSA) is 22.1 Å². The summed E-state index contributed by atoms with van der Waals surface area (Å²) in [6.45, 7) is 0. The summed E-state index contributed by atoms with van der Waals surface area (Å²) in [6.07, 6.45) is 0. The largest absolute Gasteiger partial charge is 0.497 e. The van der Waals surface area contributed by atoms with Crippen molar-refractivity contribution >= 4 is 21.7 Å². The van der Waals surface area contributed by atoms with Crippen LogP contribution in [0.15, 0.2) is 97.1 Å². The van der Waals surface area contributed by atoms with Gasteiger partial charge in [-0.15, -0.1) is 0 Å². The fraction of sp³-hybridized carbons (Fsp3) is 0.0385. The van der Waals surface area contributed by atoms with Gasteiger partial charge >= 0.3 is 0 Å². The highest BCUT2D eigenvalue weighted by molar-refractivity contribution is 6.05. The Morgan fingerprint density at radius 1 is 0.643 bits per heavy atom. The average molecular weight is 361 g/mol. The third-order valence-electron chi connectivity index (χ3n) is 5.18. The summed E-state index contributed by atoms with van der Waals surface area (Å²) in [7, 11) is 1.68. The van der Waals surface area contributed by atoms with E-state index in [9.17, 15) is 0 Å². The van der Waals surface area contributed by atoms with E-state index in [1.165, 1.54) is 21.9 Å². The molecule has 0 N–H and O–H groups in total. The zero-order chi connectivity index (χ0) is 18.9. The lowest BCUT2D eigenvalue weighted by Gasteiger charge is -2.13. The second-order valence-electron chi connectivity index (χ2n) is 6.83. The van der Waals surface area contributed by atoms with Gasteiger partial charge in [0, 0.05) is 10.9 Å². The van der Waals surface area contributed by atoms with Crippen molar-refractivity contribution in [2.45, 2.75) is 0 Å². The van der Waals surface area contributed by atoms with Crippen molar-refractivity contribution in [2.75, 3.05) is 7.11 Å². The van der Waals surface area contributed by atoms with Crippen LogP contribution in [-0.4, -0.2) is 12.1 Å². The van der Waals surface area contributed by atoms with Crippen molar-refractivity contribution in [3.05, 3.63) is 97.1 Å². The Hall–Kier alpha value is -3.65. The Kier molecular flexibility index (Phi) is 4.02. The molecule has 0 aliphatic heterocycles. The van der Waals surface area contributed by atoms with Crippen molar-refractivity contribution in [3.8, 4) is 28.1 Å². The maximum atomic E-state index is 5.30. The molecule has 0 aliphatic carbocycles. The van der Waals surface area contributed by atoms with Crippen molar-refractivity contribution in [1.29, 1.82) is 0 Å². The van der Waals surface area contributed by atoms with Crippen LogP contribution < -0.4 is 4.74 Å². The second-order valence-corrected chi connectivity index (χ2v) is 6.83. The van der Waals surface area contributed by atoms with Crippen LogP contribution in [0.3, 0.4) is 0 Å². The predicted octanol–water partition coefficient (Wildman–Crippen LogP) is 6.73. The van der Waals surface area contributed by atoms with Gasteiger partial charge in [0.05, 0.1) is 18.3 Å². The number of pyridine rings is 1. The minimum absolute atomic E-state index is 0.846. The molecule has 5 rings (SSSR count). The first-order valence-corrected chi connectivity index (χ1v) is 9.36. The summed E-state index contributed by atoms with van der Waals surface area (Å²) >= 11 is 0. The van der Waals surface area contributed by atoms with Gasteiger partial charge in [-0.05, 0) is 58.3 Å². The number of hydrogen-bond acceptors (Lipinski definition) is 2. The summed E-state index contributed by atoms with van der Waals surface area (Å²) in [5, 5.41) is 3.66. The number of fused-ring (bicyclic) bond motifs is 2. The molecular formula is C26H19NO. The molecule has 28 heavy (non-hydrogen) atoms. The summed E-state index contributed by atoms with van der Waals surface area (Å²) in [5.41, 5.74) is 5.47. The molecule has 0 amide bonds. The van der Waals surface area contributed by atoms with Gasteiger partial charge in [-0.2, -0.15) is 0 Å². The molecule has 5 aromatic rings. The molecule has 2 heteroatoms. The fourth-order valence-corrected chi connectivity index (χ4v) is 3.77. The molecule has 1 heterocycles. The fourth-order valence-electron chi connectivity index (χ4n) is 3.77.